The zero-order valence-corrected chi connectivity index (χ0v) is 7.96. The lowest BCUT2D eigenvalue weighted by Crippen LogP contribution is -2.00. The van der Waals surface area contributed by atoms with Crippen LogP contribution in [0, 0.1) is 0 Å². The van der Waals surface area contributed by atoms with Crippen molar-refractivity contribution in [1.29, 1.82) is 0 Å². The van der Waals surface area contributed by atoms with Gasteiger partial charge in [0.2, 0.25) is 0 Å². The topological polar surface area (TPSA) is 26.3 Å². The van der Waals surface area contributed by atoms with E-state index in [-0.39, 0.29) is 5.97 Å². The second-order valence-electron chi connectivity index (χ2n) is 1.32. The SMILES string of the molecule is CC.COC(=O)CCSC. The van der Waals surface area contributed by atoms with Gasteiger partial charge in [-0.1, -0.05) is 13.8 Å². The number of hydrogen-bond acceptors (Lipinski definition) is 3. The molecule has 2 nitrogen and oxygen atoms in total. The Morgan fingerprint density at radius 1 is 1.50 bits per heavy atom. The predicted octanol–water partition coefficient (Wildman–Crippen LogP) is 1.94. The van der Waals surface area contributed by atoms with Gasteiger partial charge in [-0.3, -0.25) is 4.79 Å². The first-order chi connectivity index (χ1) is 4.81. The van der Waals surface area contributed by atoms with Crippen LogP contribution in [0.1, 0.15) is 20.3 Å². The van der Waals surface area contributed by atoms with Crippen molar-refractivity contribution in [2.24, 2.45) is 0 Å². The number of hydrogen-bond donors (Lipinski definition) is 0. The molecule has 0 radical (unpaired) electrons. The summed E-state index contributed by atoms with van der Waals surface area (Å²) in [6, 6.07) is 0. The van der Waals surface area contributed by atoms with Crippen LogP contribution in [0.4, 0.5) is 0 Å². The fourth-order valence-electron chi connectivity index (χ4n) is 0.287. The van der Waals surface area contributed by atoms with E-state index in [4.69, 9.17) is 0 Å². The van der Waals surface area contributed by atoms with Crippen molar-refractivity contribution >= 4 is 17.7 Å². The van der Waals surface area contributed by atoms with Gasteiger partial charge in [-0.2, -0.15) is 11.8 Å². The summed E-state index contributed by atoms with van der Waals surface area (Å²) < 4.78 is 4.40. The van der Waals surface area contributed by atoms with Crippen LogP contribution in [0.25, 0.3) is 0 Å². The third-order valence-electron chi connectivity index (χ3n) is 0.738. The smallest absolute Gasteiger partial charge is 0.306 e. The average molecular weight is 164 g/mol. The Labute approximate surface area is 67.3 Å². The Kier molecular flexibility index (Phi) is 14.5. The van der Waals surface area contributed by atoms with Crippen molar-refractivity contribution in [3.05, 3.63) is 0 Å². The van der Waals surface area contributed by atoms with Gasteiger partial charge >= 0.3 is 5.97 Å². The van der Waals surface area contributed by atoms with Gasteiger partial charge in [-0.15, -0.1) is 0 Å². The average Bonchev–Trinajstić information content (AvgIpc) is 2.04. The maximum absolute atomic E-state index is 10.3. The molecule has 0 amide bonds. The Hall–Kier alpha value is -0.180. The quantitative estimate of drug-likeness (QED) is 0.596. The minimum Gasteiger partial charge on any atom is -0.469 e. The molecule has 0 saturated carbocycles. The summed E-state index contributed by atoms with van der Waals surface area (Å²) >= 11 is 1.64. The molecule has 0 aromatic rings. The number of rotatable bonds is 3. The van der Waals surface area contributed by atoms with Gasteiger partial charge in [0.1, 0.15) is 0 Å². The summed E-state index contributed by atoms with van der Waals surface area (Å²) in [4.78, 5) is 10.3. The number of esters is 1. The lowest BCUT2D eigenvalue weighted by molar-refractivity contribution is -0.140. The molecule has 0 unspecified atom stereocenters. The molecule has 62 valence electrons. The van der Waals surface area contributed by atoms with Crippen molar-refractivity contribution in [3.63, 3.8) is 0 Å². The normalized spacial score (nSPS) is 7.60. The monoisotopic (exact) mass is 164 g/mol. The first kappa shape index (κ1) is 12.5. The molecular formula is C7H16O2S. The third kappa shape index (κ3) is 10.7. The van der Waals surface area contributed by atoms with E-state index in [0.29, 0.717) is 6.42 Å². The minimum absolute atomic E-state index is 0.126. The van der Waals surface area contributed by atoms with Gasteiger partial charge in [-0.05, 0) is 6.26 Å². The largest absolute Gasteiger partial charge is 0.469 e. The summed E-state index contributed by atoms with van der Waals surface area (Å²) in [5.74, 6) is 0.728. The molecule has 0 rings (SSSR count). The zero-order chi connectivity index (χ0) is 8.41. The van der Waals surface area contributed by atoms with E-state index in [1.165, 1.54) is 7.11 Å². The lowest BCUT2D eigenvalue weighted by Gasteiger charge is -1.93. The standard InChI is InChI=1S/C5H10O2S.C2H6/c1-7-5(6)3-4-8-2;1-2/h3-4H2,1-2H3;1-2H3. The van der Waals surface area contributed by atoms with E-state index in [1.807, 2.05) is 20.1 Å². The molecule has 0 fully saturated rings. The molecule has 0 aromatic heterocycles. The third-order valence-corrected chi connectivity index (χ3v) is 1.35. The second-order valence-corrected chi connectivity index (χ2v) is 2.30. The second kappa shape index (κ2) is 11.6. The number of carbonyl (C=O) groups excluding carboxylic acids is 1. The maximum Gasteiger partial charge on any atom is 0.306 e. The van der Waals surface area contributed by atoms with Gasteiger partial charge in [0.05, 0.1) is 13.5 Å². The van der Waals surface area contributed by atoms with Crippen LogP contribution in [-0.4, -0.2) is 25.1 Å². The Morgan fingerprint density at radius 2 is 2.00 bits per heavy atom. The Balaban J connectivity index is 0. The van der Waals surface area contributed by atoms with Crippen LogP contribution >= 0.6 is 11.8 Å². The van der Waals surface area contributed by atoms with Crippen molar-refractivity contribution in [2.45, 2.75) is 20.3 Å². The van der Waals surface area contributed by atoms with Gasteiger partial charge in [-0.25, -0.2) is 0 Å². The van der Waals surface area contributed by atoms with Crippen molar-refractivity contribution in [2.75, 3.05) is 19.1 Å². The van der Waals surface area contributed by atoms with E-state index >= 15 is 0 Å². The number of methoxy groups -OCH3 is 1. The van der Waals surface area contributed by atoms with Crippen molar-refractivity contribution < 1.29 is 9.53 Å². The van der Waals surface area contributed by atoms with Crippen molar-refractivity contribution in [3.8, 4) is 0 Å². The fraction of sp³-hybridized carbons (Fsp3) is 0.857. The summed E-state index contributed by atoms with van der Waals surface area (Å²) in [5, 5.41) is 0. The van der Waals surface area contributed by atoms with Crippen molar-refractivity contribution in [1.82, 2.24) is 0 Å². The zero-order valence-electron chi connectivity index (χ0n) is 7.14. The molecule has 0 spiro atoms. The highest BCUT2D eigenvalue weighted by Crippen LogP contribution is 1.95. The maximum atomic E-state index is 10.3. The summed E-state index contributed by atoms with van der Waals surface area (Å²) in [7, 11) is 1.41. The van der Waals surface area contributed by atoms with Gasteiger partial charge in [0.25, 0.3) is 0 Å². The van der Waals surface area contributed by atoms with E-state index < -0.39 is 0 Å². The van der Waals surface area contributed by atoms with E-state index in [2.05, 4.69) is 4.74 Å². The van der Waals surface area contributed by atoms with Crippen LogP contribution < -0.4 is 0 Å². The number of carbonyl (C=O) groups is 1. The first-order valence-corrected chi connectivity index (χ1v) is 4.76. The fourth-order valence-corrected chi connectivity index (χ4v) is 0.658. The van der Waals surface area contributed by atoms with E-state index in [1.54, 1.807) is 11.8 Å². The molecule has 0 aromatic carbocycles. The van der Waals surface area contributed by atoms with Crippen LogP contribution in [0.2, 0.25) is 0 Å². The van der Waals surface area contributed by atoms with E-state index in [0.717, 1.165) is 5.75 Å². The highest BCUT2D eigenvalue weighted by molar-refractivity contribution is 7.98. The molecule has 0 aliphatic carbocycles. The van der Waals surface area contributed by atoms with Gasteiger partial charge < -0.3 is 4.74 Å². The molecule has 0 bridgehead atoms. The molecule has 3 heteroatoms. The Morgan fingerprint density at radius 3 is 2.30 bits per heavy atom. The van der Waals surface area contributed by atoms with Gasteiger partial charge in [0, 0.05) is 5.75 Å². The minimum atomic E-state index is -0.126. The summed E-state index contributed by atoms with van der Waals surface area (Å²) in [6.45, 7) is 4.00. The Bertz CT molecular complexity index is 74.0. The predicted molar refractivity (Wildman–Crippen MR) is 46.4 cm³/mol. The van der Waals surface area contributed by atoms with Gasteiger partial charge in [0.15, 0.2) is 0 Å². The molecule has 10 heavy (non-hydrogen) atoms. The lowest BCUT2D eigenvalue weighted by atomic mass is 10.5. The van der Waals surface area contributed by atoms with Crippen LogP contribution in [0.3, 0.4) is 0 Å². The highest BCUT2D eigenvalue weighted by Gasteiger charge is 1.95. The molecule has 0 aliphatic rings. The highest BCUT2D eigenvalue weighted by atomic mass is 32.2. The summed E-state index contributed by atoms with van der Waals surface area (Å²) in [5.41, 5.74) is 0. The van der Waals surface area contributed by atoms with E-state index in [9.17, 15) is 4.79 Å². The number of ether oxygens (including phenoxy) is 1. The summed E-state index contributed by atoms with van der Waals surface area (Å²) in [6.07, 6.45) is 2.49. The molecule has 0 heterocycles. The van der Waals surface area contributed by atoms with Crippen LogP contribution in [0.5, 0.6) is 0 Å². The molecule has 0 saturated heterocycles. The van der Waals surface area contributed by atoms with Crippen LogP contribution in [0.15, 0.2) is 0 Å². The molecule has 0 aliphatic heterocycles. The molecule has 0 N–H and O–H groups in total. The molecular weight excluding hydrogens is 148 g/mol. The van der Waals surface area contributed by atoms with Crippen LogP contribution in [-0.2, 0) is 9.53 Å². The number of thioether (sulfide) groups is 1. The molecule has 0 atom stereocenters. The first-order valence-electron chi connectivity index (χ1n) is 3.37.